The molecule has 9 heteroatoms. The van der Waals surface area contributed by atoms with Crippen LogP contribution in [0.3, 0.4) is 0 Å². The van der Waals surface area contributed by atoms with Crippen molar-refractivity contribution in [3.05, 3.63) is 53.9 Å². The van der Waals surface area contributed by atoms with Gasteiger partial charge in [-0.05, 0) is 36.8 Å². The van der Waals surface area contributed by atoms with Gasteiger partial charge in [0.1, 0.15) is 11.6 Å². The highest BCUT2D eigenvalue weighted by Gasteiger charge is 2.17. The van der Waals surface area contributed by atoms with E-state index in [0.29, 0.717) is 17.7 Å². The van der Waals surface area contributed by atoms with Crippen LogP contribution in [0.5, 0.6) is 5.75 Å². The number of nitrogens with zero attached hydrogens (tertiary/aromatic N) is 5. The van der Waals surface area contributed by atoms with Gasteiger partial charge in [0.25, 0.3) is 0 Å². The van der Waals surface area contributed by atoms with E-state index in [4.69, 9.17) is 10.5 Å². The number of aliphatic hydroxyl groups is 1. The minimum atomic E-state index is -0.0852. The first-order chi connectivity index (χ1) is 13.6. The van der Waals surface area contributed by atoms with E-state index < -0.39 is 0 Å². The van der Waals surface area contributed by atoms with Crippen LogP contribution < -0.4 is 15.8 Å². The monoisotopic (exact) mass is 377 g/mol. The number of imidazole rings is 1. The molecule has 4 aromatic rings. The summed E-state index contributed by atoms with van der Waals surface area (Å²) in [5, 5.41) is 12.8. The molecule has 0 saturated carbocycles. The van der Waals surface area contributed by atoms with Gasteiger partial charge in [-0.15, -0.1) is 0 Å². The molecule has 0 radical (unpaired) electrons. The number of ether oxygens (including phenoxy) is 1. The van der Waals surface area contributed by atoms with Crippen LogP contribution in [0.15, 0.2) is 42.5 Å². The van der Waals surface area contributed by atoms with Gasteiger partial charge in [-0.3, -0.25) is 0 Å². The maximum Gasteiger partial charge on any atom is 0.242 e. The Bertz CT molecular complexity index is 1140. The molecular weight excluding hydrogens is 358 g/mol. The predicted molar refractivity (Wildman–Crippen MR) is 106 cm³/mol. The third-order valence-electron chi connectivity index (χ3n) is 4.18. The standard InChI is InChI=1S/C19H19N7O2/c1-11-21-17(20)25-18(22-11)26-16-8-12(10-27)6-7-15(16)24-19(26)23-13-4-3-5-14(9-13)28-2/h3-9,27H,10H2,1-2H3,(H,23,24)(H2,20,21,22,25). The second-order valence-corrected chi connectivity index (χ2v) is 6.15. The molecular formula is C19H19N7O2. The molecule has 0 bridgehead atoms. The Balaban J connectivity index is 1.91. The van der Waals surface area contributed by atoms with Crippen molar-refractivity contribution in [3.8, 4) is 11.7 Å². The molecule has 0 atom stereocenters. The van der Waals surface area contributed by atoms with Crippen molar-refractivity contribution in [2.75, 3.05) is 18.2 Å². The molecule has 2 aromatic carbocycles. The minimum absolute atomic E-state index is 0.0852. The third kappa shape index (κ3) is 3.30. The average Bonchev–Trinajstić information content (AvgIpc) is 3.04. The Kier molecular flexibility index (Phi) is 4.50. The fourth-order valence-corrected chi connectivity index (χ4v) is 2.92. The lowest BCUT2D eigenvalue weighted by molar-refractivity contribution is 0.282. The number of hydrogen-bond acceptors (Lipinski definition) is 8. The van der Waals surface area contributed by atoms with Crippen LogP contribution in [0.2, 0.25) is 0 Å². The molecule has 28 heavy (non-hydrogen) atoms. The average molecular weight is 377 g/mol. The van der Waals surface area contributed by atoms with Crippen LogP contribution in [0.4, 0.5) is 17.6 Å². The summed E-state index contributed by atoms with van der Waals surface area (Å²) in [5.74, 6) is 2.18. The first kappa shape index (κ1) is 17.7. The highest BCUT2D eigenvalue weighted by molar-refractivity contribution is 5.82. The van der Waals surface area contributed by atoms with E-state index in [1.807, 2.05) is 42.5 Å². The molecule has 4 rings (SSSR count). The Morgan fingerprint density at radius 3 is 2.71 bits per heavy atom. The van der Waals surface area contributed by atoms with E-state index >= 15 is 0 Å². The van der Waals surface area contributed by atoms with Crippen LogP contribution in [-0.2, 0) is 6.61 Å². The number of nitrogens with two attached hydrogens (primary N) is 1. The zero-order valence-corrected chi connectivity index (χ0v) is 15.4. The van der Waals surface area contributed by atoms with Crippen molar-refractivity contribution in [2.45, 2.75) is 13.5 Å². The van der Waals surface area contributed by atoms with E-state index in [1.165, 1.54) is 0 Å². The minimum Gasteiger partial charge on any atom is -0.497 e. The smallest absolute Gasteiger partial charge is 0.242 e. The Morgan fingerprint density at radius 1 is 1.11 bits per heavy atom. The van der Waals surface area contributed by atoms with Gasteiger partial charge in [-0.25, -0.2) is 9.55 Å². The van der Waals surface area contributed by atoms with Crippen molar-refractivity contribution in [3.63, 3.8) is 0 Å². The summed E-state index contributed by atoms with van der Waals surface area (Å²) in [6, 6.07) is 13.0. The zero-order chi connectivity index (χ0) is 19.7. The first-order valence-electron chi connectivity index (χ1n) is 8.59. The Hall–Kier alpha value is -3.72. The molecule has 0 saturated heterocycles. The number of hydrogen-bond donors (Lipinski definition) is 3. The van der Waals surface area contributed by atoms with Gasteiger partial charge in [0, 0.05) is 11.8 Å². The lowest BCUT2D eigenvalue weighted by Crippen LogP contribution is -2.10. The Labute approximate surface area is 160 Å². The number of nitrogens with one attached hydrogen (secondary N) is 1. The maximum atomic E-state index is 9.53. The zero-order valence-electron chi connectivity index (χ0n) is 15.4. The van der Waals surface area contributed by atoms with Crippen molar-refractivity contribution < 1.29 is 9.84 Å². The normalized spacial score (nSPS) is 11.0. The van der Waals surface area contributed by atoms with E-state index in [1.54, 1.807) is 18.6 Å². The molecule has 4 N–H and O–H groups in total. The lowest BCUT2D eigenvalue weighted by Gasteiger charge is -2.11. The maximum absolute atomic E-state index is 9.53. The Morgan fingerprint density at radius 2 is 1.96 bits per heavy atom. The molecule has 2 heterocycles. The lowest BCUT2D eigenvalue weighted by atomic mass is 10.2. The number of aryl methyl sites for hydroxylation is 1. The van der Waals surface area contributed by atoms with Gasteiger partial charge >= 0.3 is 0 Å². The number of nitrogen functional groups attached to an aromatic ring is 1. The van der Waals surface area contributed by atoms with Gasteiger partial charge < -0.3 is 20.9 Å². The number of methoxy groups -OCH3 is 1. The van der Waals surface area contributed by atoms with E-state index in [-0.39, 0.29) is 12.6 Å². The quantitative estimate of drug-likeness (QED) is 0.484. The van der Waals surface area contributed by atoms with Crippen LogP contribution in [0.1, 0.15) is 11.4 Å². The fraction of sp³-hybridized carbons (Fsp3) is 0.158. The second-order valence-electron chi connectivity index (χ2n) is 6.15. The van der Waals surface area contributed by atoms with Crippen LogP contribution in [0.25, 0.3) is 17.0 Å². The first-order valence-corrected chi connectivity index (χ1v) is 8.59. The van der Waals surface area contributed by atoms with Crippen LogP contribution in [0, 0.1) is 6.92 Å². The van der Waals surface area contributed by atoms with Crippen LogP contribution >= 0.6 is 0 Å². The van der Waals surface area contributed by atoms with Crippen molar-refractivity contribution >= 4 is 28.6 Å². The van der Waals surface area contributed by atoms with Crippen molar-refractivity contribution in [1.29, 1.82) is 0 Å². The largest absolute Gasteiger partial charge is 0.497 e. The number of fused-ring (bicyclic) bond motifs is 1. The van der Waals surface area contributed by atoms with Gasteiger partial charge in [0.15, 0.2) is 0 Å². The summed E-state index contributed by atoms with van der Waals surface area (Å²) >= 11 is 0. The SMILES string of the molecule is COc1cccc(Nc2nc3ccc(CO)cc3n2-c2nc(C)nc(N)n2)c1. The number of aromatic nitrogens is 5. The summed E-state index contributed by atoms with van der Waals surface area (Å²) in [7, 11) is 1.61. The van der Waals surface area contributed by atoms with Gasteiger partial charge in [-0.2, -0.15) is 15.0 Å². The van der Waals surface area contributed by atoms with Crippen molar-refractivity contribution in [2.24, 2.45) is 0 Å². The summed E-state index contributed by atoms with van der Waals surface area (Å²) < 4.78 is 7.03. The number of benzene rings is 2. The molecule has 142 valence electrons. The summed E-state index contributed by atoms with van der Waals surface area (Å²) in [6.45, 7) is 1.66. The third-order valence-corrected chi connectivity index (χ3v) is 4.18. The number of aliphatic hydroxyl groups excluding tert-OH is 1. The molecule has 0 aliphatic carbocycles. The summed E-state index contributed by atoms with van der Waals surface area (Å²) in [4.78, 5) is 17.4. The highest BCUT2D eigenvalue weighted by atomic mass is 16.5. The molecule has 2 aromatic heterocycles. The second kappa shape index (κ2) is 7.12. The molecule has 0 spiro atoms. The number of rotatable bonds is 5. The van der Waals surface area contributed by atoms with E-state index in [2.05, 4.69) is 25.3 Å². The summed E-state index contributed by atoms with van der Waals surface area (Å²) in [6.07, 6.45) is 0. The van der Waals surface area contributed by atoms with Gasteiger partial charge in [0.2, 0.25) is 17.8 Å². The molecule has 9 nitrogen and oxygen atoms in total. The highest BCUT2D eigenvalue weighted by Crippen LogP contribution is 2.28. The van der Waals surface area contributed by atoms with Gasteiger partial charge in [-0.1, -0.05) is 12.1 Å². The van der Waals surface area contributed by atoms with Crippen molar-refractivity contribution in [1.82, 2.24) is 24.5 Å². The fourth-order valence-electron chi connectivity index (χ4n) is 2.92. The molecule has 0 aliphatic heterocycles. The molecule has 0 amide bonds. The predicted octanol–water partition coefficient (Wildman–Crippen LogP) is 2.35. The topological polar surface area (TPSA) is 124 Å². The summed E-state index contributed by atoms with van der Waals surface area (Å²) in [5.41, 5.74) is 8.83. The van der Waals surface area contributed by atoms with E-state index in [0.717, 1.165) is 28.0 Å². The molecule has 0 aliphatic rings. The van der Waals surface area contributed by atoms with Crippen LogP contribution in [-0.4, -0.2) is 36.7 Å². The number of anilines is 3. The molecule has 0 unspecified atom stereocenters. The van der Waals surface area contributed by atoms with Gasteiger partial charge in [0.05, 0.1) is 24.8 Å². The van der Waals surface area contributed by atoms with E-state index in [9.17, 15) is 5.11 Å². The molecule has 0 fully saturated rings.